The highest BCUT2D eigenvalue weighted by molar-refractivity contribution is 5.97. The van der Waals surface area contributed by atoms with E-state index in [1.807, 2.05) is 30.3 Å². The molecule has 2 amide bonds. The second kappa shape index (κ2) is 10.1. The van der Waals surface area contributed by atoms with Crippen molar-refractivity contribution in [2.24, 2.45) is 0 Å². The summed E-state index contributed by atoms with van der Waals surface area (Å²) in [6.45, 7) is 5.35. The van der Waals surface area contributed by atoms with Crippen LogP contribution in [0.25, 0.3) is 22.8 Å². The third kappa shape index (κ3) is 6.22. The lowest BCUT2D eigenvalue weighted by atomic mass is 9.97. The number of hydrogen-bond acceptors (Lipinski definition) is 9. The normalized spacial score (nSPS) is 12.1. The molecule has 0 saturated heterocycles. The lowest BCUT2D eigenvalue weighted by Gasteiger charge is -2.22. The number of alkyl carbamates (subject to hydrolysis) is 1. The first-order chi connectivity index (χ1) is 16.8. The number of nitrogens with zero attached hydrogens (tertiary/aromatic N) is 6. The number of aromatic nitrogens is 8. The molecule has 0 aliphatic rings. The van der Waals surface area contributed by atoms with Crippen LogP contribution in [-0.4, -0.2) is 65.4 Å². The monoisotopic (exact) mass is 476 g/mol. The molecule has 13 heteroatoms. The number of carbonyl (C=O) groups is 2. The molecule has 4 aromatic rings. The lowest BCUT2D eigenvalue weighted by molar-refractivity contribution is -0.117. The van der Waals surface area contributed by atoms with Crippen molar-refractivity contribution in [1.29, 1.82) is 0 Å². The van der Waals surface area contributed by atoms with Crippen molar-refractivity contribution in [3.63, 3.8) is 0 Å². The molecule has 0 fully saturated rings. The summed E-state index contributed by atoms with van der Waals surface area (Å²) >= 11 is 0. The molecule has 4 rings (SSSR count). The first kappa shape index (κ1) is 23.5. The minimum atomic E-state index is -0.685. The van der Waals surface area contributed by atoms with Gasteiger partial charge in [0.15, 0.2) is 11.6 Å². The van der Waals surface area contributed by atoms with Crippen molar-refractivity contribution in [3.8, 4) is 22.8 Å². The molecule has 2 heterocycles. The Morgan fingerprint density at radius 2 is 1.54 bits per heavy atom. The van der Waals surface area contributed by atoms with Crippen LogP contribution in [0, 0.1) is 0 Å². The third-order valence-corrected chi connectivity index (χ3v) is 4.81. The average molecular weight is 477 g/mol. The van der Waals surface area contributed by atoms with Crippen molar-refractivity contribution in [2.75, 3.05) is 11.9 Å². The van der Waals surface area contributed by atoms with Gasteiger partial charge < -0.3 is 15.4 Å². The van der Waals surface area contributed by atoms with E-state index in [1.165, 1.54) is 0 Å². The van der Waals surface area contributed by atoms with Crippen LogP contribution in [0.5, 0.6) is 0 Å². The van der Waals surface area contributed by atoms with Crippen molar-refractivity contribution >= 4 is 17.7 Å². The molecular formula is C22H24N10O3. The molecule has 4 N–H and O–H groups in total. The summed E-state index contributed by atoms with van der Waals surface area (Å²) in [7, 11) is 0. The van der Waals surface area contributed by atoms with E-state index in [1.54, 1.807) is 39.0 Å². The number of ether oxygens (including phenoxy) is 1. The van der Waals surface area contributed by atoms with Crippen LogP contribution in [0.15, 0.2) is 48.5 Å². The minimum Gasteiger partial charge on any atom is -0.444 e. The van der Waals surface area contributed by atoms with Crippen molar-refractivity contribution in [3.05, 3.63) is 54.1 Å². The van der Waals surface area contributed by atoms with Gasteiger partial charge in [0.05, 0.1) is 5.92 Å². The number of H-pyrrole nitrogens is 2. The first-order valence-electron chi connectivity index (χ1n) is 10.7. The Kier molecular flexibility index (Phi) is 6.76. The van der Waals surface area contributed by atoms with Gasteiger partial charge in [0.25, 0.3) is 0 Å². The Labute approximate surface area is 200 Å². The molecule has 0 bridgehead atoms. The van der Waals surface area contributed by atoms with E-state index >= 15 is 0 Å². The fourth-order valence-electron chi connectivity index (χ4n) is 3.31. The molecule has 0 radical (unpaired) electrons. The maximum absolute atomic E-state index is 13.4. The van der Waals surface area contributed by atoms with Crippen molar-refractivity contribution in [2.45, 2.75) is 32.3 Å². The Hall–Kier alpha value is -4.68. The molecule has 2 aromatic heterocycles. The van der Waals surface area contributed by atoms with Gasteiger partial charge in [-0.25, -0.2) is 15.0 Å². The summed E-state index contributed by atoms with van der Waals surface area (Å²) < 4.78 is 5.31. The van der Waals surface area contributed by atoms with Gasteiger partial charge in [-0.05, 0) is 65.4 Å². The summed E-state index contributed by atoms with van der Waals surface area (Å²) in [4.78, 5) is 25.6. The third-order valence-electron chi connectivity index (χ3n) is 4.81. The SMILES string of the molecule is CC(C)(C)OC(=O)NCC(C(=O)Nc1cc(-c2nnn[nH]2)cc(-c2nnn[nH]2)c1)c1ccccc1. The molecule has 35 heavy (non-hydrogen) atoms. The van der Waals surface area contributed by atoms with Crippen LogP contribution in [0.4, 0.5) is 10.5 Å². The molecule has 1 unspecified atom stereocenters. The molecule has 1 atom stereocenters. The van der Waals surface area contributed by atoms with Gasteiger partial charge in [-0.3, -0.25) is 4.79 Å². The van der Waals surface area contributed by atoms with Crippen LogP contribution >= 0.6 is 0 Å². The highest BCUT2D eigenvalue weighted by Gasteiger charge is 2.24. The van der Waals surface area contributed by atoms with Crippen LogP contribution in [0.3, 0.4) is 0 Å². The number of hydrogen-bond donors (Lipinski definition) is 4. The number of nitrogens with one attached hydrogen (secondary N) is 4. The number of rotatable bonds is 7. The average Bonchev–Trinajstić information content (AvgIpc) is 3.53. The Bertz CT molecular complexity index is 1220. The van der Waals surface area contributed by atoms with Gasteiger partial charge >= 0.3 is 6.09 Å². The predicted octanol–water partition coefficient (Wildman–Crippen LogP) is 2.29. The van der Waals surface area contributed by atoms with E-state index in [4.69, 9.17) is 4.74 Å². The van der Waals surface area contributed by atoms with Crippen LogP contribution in [0.1, 0.15) is 32.3 Å². The number of tetrazole rings is 2. The highest BCUT2D eigenvalue weighted by Crippen LogP contribution is 2.27. The van der Waals surface area contributed by atoms with E-state index in [0.29, 0.717) is 28.5 Å². The van der Waals surface area contributed by atoms with Crippen LogP contribution < -0.4 is 10.6 Å². The van der Waals surface area contributed by atoms with Gasteiger partial charge in [0.2, 0.25) is 5.91 Å². The summed E-state index contributed by atoms with van der Waals surface area (Å²) in [6.07, 6.45) is -0.605. The van der Waals surface area contributed by atoms with E-state index in [0.717, 1.165) is 5.56 Å². The predicted molar refractivity (Wildman–Crippen MR) is 125 cm³/mol. The summed E-state index contributed by atoms with van der Waals surface area (Å²) in [6, 6.07) is 14.4. The van der Waals surface area contributed by atoms with Gasteiger partial charge in [-0.1, -0.05) is 30.3 Å². The Morgan fingerprint density at radius 3 is 2.06 bits per heavy atom. The van der Waals surface area contributed by atoms with E-state index < -0.39 is 17.6 Å². The van der Waals surface area contributed by atoms with Crippen LogP contribution in [-0.2, 0) is 9.53 Å². The fraction of sp³-hybridized carbons (Fsp3) is 0.273. The zero-order chi connectivity index (χ0) is 24.8. The second-order valence-corrected chi connectivity index (χ2v) is 8.63. The van der Waals surface area contributed by atoms with Crippen molar-refractivity contribution < 1.29 is 14.3 Å². The molecule has 13 nitrogen and oxygen atoms in total. The molecule has 2 aromatic carbocycles. The zero-order valence-corrected chi connectivity index (χ0v) is 19.3. The Morgan fingerprint density at radius 1 is 0.943 bits per heavy atom. The largest absolute Gasteiger partial charge is 0.444 e. The zero-order valence-electron chi connectivity index (χ0n) is 19.3. The topological polar surface area (TPSA) is 176 Å². The molecule has 0 aliphatic carbocycles. The minimum absolute atomic E-state index is 0.0371. The standard InChI is InChI=1S/C22H24N10O3/c1-22(2,3)35-21(34)23-12-17(13-7-5-4-6-8-13)20(33)24-16-10-14(18-25-29-30-26-18)9-15(11-16)19-27-31-32-28-19/h4-11,17H,12H2,1-3H3,(H,23,34)(H,24,33)(H,25,26,29,30)(H,27,28,31,32). The van der Waals surface area contributed by atoms with Crippen LogP contribution in [0.2, 0.25) is 0 Å². The molecule has 0 aliphatic heterocycles. The summed E-state index contributed by atoms with van der Waals surface area (Å²) in [5.41, 5.74) is 1.77. The second-order valence-electron chi connectivity index (χ2n) is 8.63. The smallest absolute Gasteiger partial charge is 0.407 e. The molecular weight excluding hydrogens is 452 g/mol. The van der Waals surface area contributed by atoms with Gasteiger partial charge in [-0.15, -0.1) is 10.2 Å². The molecule has 180 valence electrons. The van der Waals surface area contributed by atoms with Crippen molar-refractivity contribution in [1.82, 2.24) is 46.6 Å². The van der Waals surface area contributed by atoms with Gasteiger partial charge in [-0.2, -0.15) is 0 Å². The van der Waals surface area contributed by atoms with Gasteiger partial charge in [0.1, 0.15) is 5.60 Å². The maximum atomic E-state index is 13.4. The number of benzene rings is 2. The maximum Gasteiger partial charge on any atom is 0.407 e. The number of carbonyl (C=O) groups excluding carboxylic acids is 2. The number of aromatic amines is 2. The number of anilines is 1. The molecule has 0 saturated carbocycles. The fourth-order valence-corrected chi connectivity index (χ4v) is 3.31. The summed E-state index contributed by atoms with van der Waals surface area (Å²) in [5, 5.41) is 33.3. The number of amides is 2. The summed E-state index contributed by atoms with van der Waals surface area (Å²) in [5.74, 6) is -0.210. The highest BCUT2D eigenvalue weighted by atomic mass is 16.6. The molecule has 0 spiro atoms. The van der Waals surface area contributed by atoms with Gasteiger partial charge in [0, 0.05) is 23.4 Å². The lowest BCUT2D eigenvalue weighted by Crippen LogP contribution is -2.37. The first-order valence-corrected chi connectivity index (χ1v) is 10.7. The van der Waals surface area contributed by atoms with E-state index in [-0.39, 0.29) is 12.5 Å². The quantitative estimate of drug-likeness (QED) is 0.312. The Balaban J connectivity index is 1.60. The van der Waals surface area contributed by atoms with E-state index in [9.17, 15) is 9.59 Å². The van der Waals surface area contributed by atoms with E-state index in [2.05, 4.69) is 51.9 Å².